The predicted octanol–water partition coefficient (Wildman–Crippen LogP) is 1.26. The van der Waals surface area contributed by atoms with Crippen molar-refractivity contribution in [3.8, 4) is 0 Å². The number of esters is 1. The molecule has 1 aromatic rings. The molecule has 18 heavy (non-hydrogen) atoms. The molecule has 0 heterocycles. The molecule has 0 aliphatic heterocycles. The Kier molecular flexibility index (Phi) is 5.00. The topological polar surface area (TPSA) is 61.8 Å². The lowest BCUT2D eigenvalue weighted by molar-refractivity contribution is -0.214. The van der Waals surface area contributed by atoms with Crippen LogP contribution in [0.5, 0.6) is 0 Å². The summed E-state index contributed by atoms with van der Waals surface area (Å²) in [6, 6.07) is 8.72. The summed E-state index contributed by atoms with van der Waals surface area (Å²) in [6.07, 6.45) is -0.410. The van der Waals surface area contributed by atoms with E-state index in [0.717, 1.165) is 0 Å². The zero-order valence-electron chi connectivity index (χ0n) is 10.6. The SMILES string of the molecule is COC(=O)CC(=O)C(OC)(OC)c1ccccc1. The first kappa shape index (κ1) is 14.3. The normalized spacial score (nSPS) is 11.1. The van der Waals surface area contributed by atoms with Gasteiger partial charge < -0.3 is 14.2 Å². The number of rotatable bonds is 6. The maximum absolute atomic E-state index is 12.1. The highest BCUT2D eigenvalue weighted by atomic mass is 16.7. The summed E-state index contributed by atoms with van der Waals surface area (Å²) in [5.74, 6) is -2.71. The molecule has 0 bridgehead atoms. The second-order valence-corrected chi connectivity index (χ2v) is 3.57. The van der Waals surface area contributed by atoms with Crippen LogP contribution in [0.2, 0.25) is 0 Å². The van der Waals surface area contributed by atoms with Crippen LogP contribution in [0.15, 0.2) is 30.3 Å². The van der Waals surface area contributed by atoms with E-state index >= 15 is 0 Å². The average Bonchev–Trinajstić information content (AvgIpc) is 2.42. The molecule has 0 aliphatic carbocycles. The van der Waals surface area contributed by atoms with E-state index < -0.39 is 24.0 Å². The molecule has 5 heteroatoms. The first-order valence-electron chi connectivity index (χ1n) is 5.36. The molecule has 0 spiro atoms. The third-order valence-electron chi connectivity index (χ3n) is 2.63. The summed E-state index contributed by atoms with van der Waals surface area (Å²) < 4.78 is 14.9. The van der Waals surface area contributed by atoms with Crippen molar-refractivity contribution in [1.29, 1.82) is 0 Å². The van der Waals surface area contributed by atoms with Gasteiger partial charge in [-0.2, -0.15) is 0 Å². The number of carbonyl (C=O) groups excluding carboxylic acids is 2. The van der Waals surface area contributed by atoms with Gasteiger partial charge in [-0.3, -0.25) is 9.59 Å². The molecule has 1 aromatic carbocycles. The smallest absolute Gasteiger partial charge is 0.313 e. The van der Waals surface area contributed by atoms with Crippen LogP contribution < -0.4 is 0 Å². The standard InChI is InChI=1S/C13H16O5/c1-16-12(15)9-11(14)13(17-2,18-3)10-7-5-4-6-8-10/h4-8H,9H2,1-3H3. The number of benzene rings is 1. The van der Waals surface area contributed by atoms with Gasteiger partial charge in [0.05, 0.1) is 7.11 Å². The summed E-state index contributed by atoms with van der Waals surface area (Å²) in [6.45, 7) is 0. The summed E-state index contributed by atoms with van der Waals surface area (Å²) in [4.78, 5) is 23.3. The van der Waals surface area contributed by atoms with E-state index in [-0.39, 0.29) is 0 Å². The minimum absolute atomic E-state index is 0.410. The first-order chi connectivity index (χ1) is 8.60. The molecule has 0 saturated heterocycles. The highest BCUT2D eigenvalue weighted by Crippen LogP contribution is 2.28. The Balaban J connectivity index is 3.08. The number of hydrogen-bond acceptors (Lipinski definition) is 5. The van der Waals surface area contributed by atoms with Gasteiger partial charge in [0, 0.05) is 19.8 Å². The van der Waals surface area contributed by atoms with Gasteiger partial charge in [-0.05, 0) is 0 Å². The Hall–Kier alpha value is -1.72. The van der Waals surface area contributed by atoms with Gasteiger partial charge in [-0.15, -0.1) is 0 Å². The summed E-state index contributed by atoms with van der Waals surface area (Å²) in [7, 11) is 3.93. The molecule has 0 fully saturated rings. The molecule has 0 saturated carbocycles. The van der Waals surface area contributed by atoms with Crippen LogP contribution in [-0.4, -0.2) is 33.1 Å². The van der Waals surface area contributed by atoms with Crippen LogP contribution in [-0.2, 0) is 29.6 Å². The van der Waals surface area contributed by atoms with Crippen molar-refractivity contribution < 1.29 is 23.8 Å². The van der Waals surface area contributed by atoms with Crippen LogP contribution >= 0.6 is 0 Å². The van der Waals surface area contributed by atoms with Crippen molar-refractivity contribution in [3.63, 3.8) is 0 Å². The third kappa shape index (κ3) is 2.75. The lowest BCUT2D eigenvalue weighted by Crippen LogP contribution is -2.41. The van der Waals surface area contributed by atoms with Crippen LogP contribution in [0.4, 0.5) is 0 Å². The lowest BCUT2D eigenvalue weighted by atomic mass is 9.99. The van der Waals surface area contributed by atoms with E-state index in [1.165, 1.54) is 21.3 Å². The van der Waals surface area contributed by atoms with Gasteiger partial charge in [0.2, 0.25) is 5.78 Å². The van der Waals surface area contributed by atoms with E-state index in [9.17, 15) is 9.59 Å². The highest BCUT2D eigenvalue weighted by molar-refractivity contribution is 6.00. The molecule has 0 aromatic heterocycles. The van der Waals surface area contributed by atoms with Gasteiger partial charge in [-0.25, -0.2) is 0 Å². The predicted molar refractivity (Wildman–Crippen MR) is 63.8 cm³/mol. The summed E-state index contributed by atoms with van der Waals surface area (Å²) in [5.41, 5.74) is 0.531. The fourth-order valence-electron chi connectivity index (χ4n) is 1.68. The zero-order valence-corrected chi connectivity index (χ0v) is 10.6. The fraction of sp³-hybridized carbons (Fsp3) is 0.385. The molecule has 0 radical (unpaired) electrons. The number of carbonyl (C=O) groups is 2. The van der Waals surface area contributed by atoms with Gasteiger partial charge in [0.1, 0.15) is 6.42 Å². The van der Waals surface area contributed by atoms with E-state index in [0.29, 0.717) is 5.56 Å². The van der Waals surface area contributed by atoms with Crippen molar-refractivity contribution in [1.82, 2.24) is 0 Å². The van der Waals surface area contributed by atoms with E-state index in [4.69, 9.17) is 9.47 Å². The second kappa shape index (κ2) is 6.28. The minimum atomic E-state index is -1.57. The Morgan fingerprint density at radius 3 is 2.06 bits per heavy atom. The lowest BCUT2D eigenvalue weighted by Gasteiger charge is -2.29. The van der Waals surface area contributed by atoms with Gasteiger partial charge in [-0.1, -0.05) is 30.3 Å². The summed E-state index contributed by atoms with van der Waals surface area (Å²) >= 11 is 0. The van der Waals surface area contributed by atoms with Crippen LogP contribution in [0.25, 0.3) is 0 Å². The molecule has 5 nitrogen and oxygen atoms in total. The fourth-order valence-corrected chi connectivity index (χ4v) is 1.68. The number of methoxy groups -OCH3 is 3. The van der Waals surface area contributed by atoms with E-state index in [1.807, 2.05) is 6.07 Å². The Bertz CT molecular complexity index is 409. The van der Waals surface area contributed by atoms with Gasteiger partial charge >= 0.3 is 5.97 Å². The molecule has 0 unspecified atom stereocenters. The molecule has 0 aliphatic rings. The van der Waals surface area contributed by atoms with Crippen LogP contribution in [0.3, 0.4) is 0 Å². The third-order valence-corrected chi connectivity index (χ3v) is 2.63. The van der Waals surface area contributed by atoms with Crippen molar-refractivity contribution >= 4 is 11.8 Å². The largest absolute Gasteiger partial charge is 0.469 e. The first-order valence-corrected chi connectivity index (χ1v) is 5.36. The molecule has 0 N–H and O–H groups in total. The molecular weight excluding hydrogens is 236 g/mol. The number of ether oxygens (including phenoxy) is 3. The molecule has 0 amide bonds. The number of ketones is 1. The Morgan fingerprint density at radius 2 is 1.61 bits per heavy atom. The minimum Gasteiger partial charge on any atom is -0.469 e. The Labute approximate surface area is 106 Å². The van der Waals surface area contributed by atoms with E-state index in [1.54, 1.807) is 24.3 Å². The maximum atomic E-state index is 12.1. The quantitative estimate of drug-likeness (QED) is 0.433. The Morgan fingerprint density at radius 1 is 1.06 bits per heavy atom. The van der Waals surface area contributed by atoms with Crippen molar-refractivity contribution in [2.24, 2.45) is 0 Å². The summed E-state index contributed by atoms with van der Waals surface area (Å²) in [5, 5.41) is 0. The van der Waals surface area contributed by atoms with Crippen LogP contribution in [0, 0.1) is 0 Å². The molecule has 98 valence electrons. The van der Waals surface area contributed by atoms with Crippen molar-refractivity contribution in [2.75, 3.05) is 21.3 Å². The van der Waals surface area contributed by atoms with E-state index in [2.05, 4.69) is 4.74 Å². The molecular formula is C13H16O5. The maximum Gasteiger partial charge on any atom is 0.313 e. The molecule has 1 rings (SSSR count). The second-order valence-electron chi connectivity index (χ2n) is 3.57. The number of hydrogen-bond donors (Lipinski definition) is 0. The molecule has 0 atom stereocenters. The zero-order chi connectivity index (χ0) is 13.6. The highest BCUT2D eigenvalue weighted by Gasteiger charge is 2.41. The van der Waals surface area contributed by atoms with Gasteiger partial charge in [0.25, 0.3) is 5.79 Å². The van der Waals surface area contributed by atoms with Crippen molar-refractivity contribution in [3.05, 3.63) is 35.9 Å². The average molecular weight is 252 g/mol. The van der Waals surface area contributed by atoms with Crippen molar-refractivity contribution in [2.45, 2.75) is 12.2 Å². The van der Waals surface area contributed by atoms with Crippen LogP contribution in [0.1, 0.15) is 12.0 Å². The van der Waals surface area contributed by atoms with Gasteiger partial charge in [0.15, 0.2) is 0 Å². The number of Topliss-reactive ketones (excluding diaryl/α,β-unsaturated/α-hetero) is 1. The monoisotopic (exact) mass is 252 g/mol.